The summed E-state index contributed by atoms with van der Waals surface area (Å²) >= 11 is 0. The van der Waals surface area contributed by atoms with Crippen LogP contribution in [0.1, 0.15) is 20.3 Å². The lowest BCUT2D eigenvalue weighted by molar-refractivity contribution is 0.254. The zero-order valence-electron chi connectivity index (χ0n) is 9.68. The fourth-order valence-corrected chi connectivity index (χ4v) is 1.06. The average Bonchev–Trinajstić information content (AvgIpc) is 2.31. The van der Waals surface area contributed by atoms with Crippen LogP contribution in [0.25, 0.3) is 0 Å². The van der Waals surface area contributed by atoms with E-state index in [0.717, 1.165) is 24.1 Å². The second-order valence-electron chi connectivity index (χ2n) is 3.54. The molecule has 0 radical (unpaired) electrons. The first-order valence-electron chi connectivity index (χ1n) is 5.21. The maximum absolute atomic E-state index is 13.2. The van der Waals surface area contributed by atoms with E-state index >= 15 is 0 Å². The smallest absolute Gasteiger partial charge is 0.314 e. The van der Waals surface area contributed by atoms with Crippen LogP contribution in [-0.2, 0) is 0 Å². The Bertz CT molecular complexity index is 424. The molecule has 0 atom stereocenters. The molecule has 0 unspecified atom stereocenters. The van der Waals surface area contributed by atoms with E-state index in [-0.39, 0.29) is 0 Å². The van der Waals surface area contributed by atoms with Gasteiger partial charge in [0, 0.05) is 6.20 Å². The van der Waals surface area contributed by atoms with Crippen molar-refractivity contribution in [1.82, 2.24) is 5.32 Å². The maximum atomic E-state index is 13.2. The van der Waals surface area contributed by atoms with Gasteiger partial charge in [0.1, 0.15) is 17.3 Å². The molecule has 0 aliphatic heterocycles. The fourth-order valence-electron chi connectivity index (χ4n) is 1.06. The summed E-state index contributed by atoms with van der Waals surface area (Å²) in [4.78, 5) is 11.3. The van der Waals surface area contributed by atoms with E-state index in [1.807, 2.05) is 13.8 Å². The van der Waals surface area contributed by atoms with Crippen LogP contribution in [0.5, 0.6) is 0 Å². The number of hydrogen-bond donors (Lipinski definition) is 2. The molecule has 0 bridgehead atoms. The van der Waals surface area contributed by atoms with E-state index in [0.29, 0.717) is 0 Å². The summed E-state index contributed by atoms with van der Waals surface area (Å²) in [5.41, 5.74) is 0.502. The number of nitrogens with one attached hydrogen (secondary N) is 2. The molecule has 0 aromatic heterocycles. The molecule has 0 aliphatic rings. The minimum absolute atomic E-state index is 0.451. The van der Waals surface area contributed by atoms with Crippen LogP contribution in [-0.4, -0.2) is 6.03 Å². The van der Waals surface area contributed by atoms with Crippen LogP contribution in [0, 0.1) is 11.6 Å². The third kappa shape index (κ3) is 3.86. The predicted molar refractivity (Wildman–Crippen MR) is 62.6 cm³/mol. The number of benzene rings is 1. The Hall–Kier alpha value is -1.91. The van der Waals surface area contributed by atoms with Crippen LogP contribution < -0.4 is 10.6 Å². The topological polar surface area (TPSA) is 41.1 Å². The van der Waals surface area contributed by atoms with E-state index in [1.54, 1.807) is 0 Å². The number of amides is 2. The van der Waals surface area contributed by atoms with E-state index in [4.69, 9.17) is 0 Å². The molecule has 0 fully saturated rings. The Kier molecular flexibility index (Phi) is 4.63. The molecule has 3 nitrogen and oxygen atoms in total. The molecule has 2 N–H and O–H groups in total. The first kappa shape index (κ1) is 13.2. The molecule has 1 aromatic carbocycles. The fraction of sp³-hybridized carbons (Fsp3) is 0.250. The van der Waals surface area contributed by atoms with Crippen molar-refractivity contribution in [3.05, 3.63) is 41.6 Å². The van der Waals surface area contributed by atoms with Gasteiger partial charge in [0.25, 0.3) is 0 Å². The van der Waals surface area contributed by atoms with Gasteiger partial charge in [-0.25, -0.2) is 13.6 Å². The maximum Gasteiger partial charge on any atom is 0.323 e. The molecular formula is C12H14F2N2O. The molecule has 2 amide bonds. The second-order valence-corrected chi connectivity index (χ2v) is 3.54. The Labute approximate surface area is 98.5 Å². The first-order chi connectivity index (χ1) is 8.04. The van der Waals surface area contributed by atoms with Crippen molar-refractivity contribution in [2.24, 2.45) is 0 Å². The SMILES string of the molecule is CC/C(C)=C/NC(=O)Nc1c(F)cccc1F. The molecule has 0 saturated heterocycles. The van der Waals surface area contributed by atoms with Crippen molar-refractivity contribution in [1.29, 1.82) is 0 Å². The average molecular weight is 240 g/mol. The van der Waals surface area contributed by atoms with Gasteiger partial charge < -0.3 is 10.6 Å². The number of allylic oxidation sites excluding steroid dienone is 1. The summed E-state index contributed by atoms with van der Waals surface area (Å²) in [6, 6.07) is 2.70. The lowest BCUT2D eigenvalue weighted by Gasteiger charge is -2.07. The highest BCUT2D eigenvalue weighted by Crippen LogP contribution is 2.17. The summed E-state index contributed by atoms with van der Waals surface area (Å²) < 4.78 is 26.4. The highest BCUT2D eigenvalue weighted by atomic mass is 19.1. The third-order valence-corrected chi connectivity index (χ3v) is 2.21. The molecule has 0 spiro atoms. The molecule has 0 aliphatic carbocycles. The Morgan fingerprint density at radius 1 is 1.35 bits per heavy atom. The monoisotopic (exact) mass is 240 g/mol. The van der Waals surface area contributed by atoms with Crippen LogP contribution in [0.2, 0.25) is 0 Å². The zero-order chi connectivity index (χ0) is 12.8. The van der Waals surface area contributed by atoms with Gasteiger partial charge in [-0.1, -0.05) is 18.6 Å². The predicted octanol–water partition coefficient (Wildman–Crippen LogP) is 3.40. The van der Waals surface area contributed by atoms with Gasteiger partial charge in [0.15, 0.2) is 0 Å². The largest absolute Gasteiger partial charge is 0.323 e. The minimum Gasteiger partial charge on any atom is -0.314 e. The van der Waals surface area contributed by atoms with Crippen molar-refractivity contribution in [2.75, 3.05) is 5.32 Å². The van der Waals surface area contributed by atoms with Crippen molar-refractivity contribution in [2.45, 2.75) is 20.3 Å². The number of urea groups is 1. The number of hydrogen-bond acceptors (Lipinski definition) is 1. The zero-order valence-corrected chi connectivity index (χ0v) is 9.68. The highest BCUT2D eigenvalue weighted by Gasteiger charge is 2.10. The Morgan fingerprint density at radius 3 is 2.47 bits per heavy atom. The highest BCUT2D eigenvalue weighted by molar-refractivity contribution is 5.90. The normalized spacial score (nSPS) is 11.2. The molecule has 0 saturated carbocycles. The third-order valence-electron chi connectivity index (χ3n) is 2.21. The van der Waals surface area contributed by atoms with Crippen molar-refractivity contribution >= 4 is 11.7 Å². The van der Waals surface area contributed by atoms with E-state index in [1.165, 1.54) is 12.3 Å². The van der Waals surface area contributed by atoms with Gasteiger partial charge in [0.05, 0.1) is 0 Å². The summed E-state index contributed by atoms with van der Waals surface area (Å²) in [5, 5.41) is 4.50. The summed E-state index contributed by atoms with van der Waals surface area (Å²) in [5.74, 6) is -1.62. The Morgan fingerprint density at radius 2 is 1.94 bits per heavy atom. The van der Waals surface area contributed by atoms with Gasteiger partial charge in [-0.3, -0.25) is 0 Å². The molecule has 1 aromatic rings. The number of para-hydroxylation sites is 1. The van der Waals surface area contributed by atoms with E-state index in [2.05, 4.69) is 10.6 Å². The van der Waals surface area contributed by atoms with Gasteiger partial charge >= 0.3 is 6.03 Å². The number of carbonyl (C=O) groups excluding carboxylic acids is 1. The number of anilines is 1. The second kappa shape index (κ2) is 5.98. The number of halogens is 2. The molecule has 17 heavy (non-hydrogen) atoms. The van der Waals surface area contributed by atoms with Crippen molar-refractivity contribution in [3.8, 4) is 0 Å². The van der Waals surface area contributed by atoms with Crippen LogP contribution >= 0.6 is 0 Å². The van der Waals surface area contributed by atoms with Crippen molar-refractivity contribution in [3.63, 3.8) is 0 Å². The number of rotatable bonds is 3. The minimum atomic E-state index is -0.809. The van der Waals surface area contributed by atoms with Gasteiger partial charge in [-0.2, -0.15) is 0 Å². The van der Waals surface area contributed by atoms with Crippen molar-refractivity contribution < 1.29 is 13.6 Å². The first-order valence-corrected chi connectivity index (χ1v) is 5.21. The molecule has 1 rings (SSSR count). The van der Waals surface area contributed by atoms with E-state index in [9.17, 15) is 13.6 Å². The molecule has 92 valence electrons. The van der Waals surface area contributed by atoms with E-state index < -0.39 is 23.4 Å². The van der Waals surface area contributed by atoms with Gasteiger partial charge in [-0.05, 0) is 25.5 Å². The quantitative estimate of drug-likeness (QED) is 0.835. The molecule has 0 heterocycles. The standard InChI is InChI=1S/C12H14F2N2O/c1-3-8(2)7-15-12(17)16-11-9(13)5-4-6-10(11)14/h4-7H,3H2,1-2H3,(H2,15,16,17)/b8-7+. The summed E-state index contributed by atoms with van der Waals surface area (Å²) in [6.07, 6.45) is 2.28. The summed E-state index contributed by atoms with van der Waals surface area (Å²) in [7, 11) is 0. The summed E-state index contributed by atoms with van der Waals surface area (Å²) in [6.45, 7) is 3.77. The van der Waals surface area contributed by atoms with Gasteiger partial charge in [-0.15, -0.1) is 0 Å². The molecule has 5 heteroatoms. The van der Waals surface area contributed by atoms with Crippen LogP contribution in [0.15, 0.2) is 30.0 Å². The Balaban J connectivity index is 2.69. The molecular weight excluding hydrogens is 226 g/mol. The van der Waals surface area contributed by atoms with Gasteiger partial charge in [0.2, 0.25) is 0 Å². The van der Waals surface area contributed by atoms with Crippen LogP contribution in [0.4, 0.5) is 19.3 Å². The van der Waals surface area contributed by atoms with Crippen LogP contribution in [0.3, 0.4) is 0 Å². The lowest BCUT2D eigenvalue weighted by atomic mass is 10.2. The lowest BCUT2D eigenvalue weighted by Crippen LogP contribution is -2.25. The number of carbonyl (C=O) groups is 1.